The maximum absolute atomic E-state index is 12.3. The molecular formula is C12H18N4O5S. The van der Waals surface area contributed by atoms with Crippen LogP contribution in [0.15, 0.2) is 17.2 Å². The zero-order valence-corrected chi connectivity index (χ0v) is 12.9. The molecule has 22 heavy (non-hydrogen) atoms. The molecule has 2 amide bonds. The van der Waals surface area contributed by atoms with E-state index >= 15 is 0 Å². The number of ether oxygens (including phenoxy) is 1. The first-order valence-electron chi connectivity index (χ1n) is 6.87. The van der Waals surface area contributed by atoms with Gasteiger partial charge in [0.15, 0.2) is 0 Å². The van der Waals surface area contributed by atoms with Gasteiger partial charge in [0.1, 0.15) is 10.6 Å². The lowest BCUT2D eigenvalue weighted by atomic mass is 10.4. The van der Waals surface area contributed by atoms with Gasteiger partial charge in [-0.3, -0.25) is 10.2 Å². The van der Waals surface area contributed by atoms with Crippen molar-refractivity contribution in [2.45, 2.75) is 24.7 Å². The molecule has 2 rings (SSSR count). The Labute approximate surface area is 128 Å². The zero-order valence-electron chi connectivity index (χ0n) is 12.1. The molecule has 9 nitrogen and oxygen atoms in total. The van der Waals surface area contributed by atoms with Gasteiger partial charge in [-0.1, -0.05) is 0 Å². The number of hydrogen-bond donors (Lipinski definition) is 3. The maximum atomic E-state index is 12.3. The number of hydrazine groups is 1. The monoisotopic (exact) mass is 330 g/mol. The molecule has 0 saturated carbocycles. The van der Waals surface area contributed by atoms with Crippen LogP contribution in [0.2, 0.25) is 0 Å². The number of aromatic amines is 1. The molecule has 0 aliphatic carbocycles. The fourth-order valence-corrected chi connectivity index (χ4v) is 3.59. The van der Waals surface area contributed by atoms with Gasteiger partial charge in [0, 0.05) is 19.3 Å². The van der Waals surface area contributed by atoms with Crippen LogP contribution in [0.1, 0.15) is 30.3 Å². The second kappa shape index (κ2) is 6.79. The molecule has 1 saturated heterocycles. The predicted molar refractivity (Wildman–Crippen MR) is 76.4 cm³/mol. The lowest BCUT2D eigenvalue weighted by Gasteiger charge is -2.13. The highest BCUT2D eigenvalue weighted by Gasteiger charge is 2.28. The van der Waals surface area contributed by atoms with Gasteiger partial charge in [-0.15, -0.1) is 0 Å². The minimum Gasteiger partial charge on any atom is -0.449 e. The van der Waals surface area contributed by atoms with Gasteiger partial charge in [0.2, 0.25) is 10.0 Å². The first kappa shape index (κ1) is 16.3. The number of sulfonamides is 1. The molecule has 0 bridgehead atoms. The van der Waals surface area contributed by atoms with Crippen LogP contribution >= 0.6 is 0 Å². The van der Waals surface area contributed by atoms with E-state index in [1.165, 1.54) is 16.6 Å². The predicted octanol–water partition coefficient (Wildman–Crippen LogP) is 0.190. The third-order valence-corrected chi connectivity index (χ3v) is 5.03. The molecule has 10 heteroatoms. The van der Waals surface area contributed by atoms with Crippen LogP contribution in [0.5, 0.6) is 0 Å². The highest BCUT2D eigenvalue weighted by Crippen LogP contribution is 2.21. The number of rotatable bonds is 4. The summed E-state index contributed by atoms with van der Waals surface area (Å²) in [6, 6.07) is 1.23. The lowest BCUT2D eigenvalue weighted by Crippen LogP contribution is -2.42. The highest BCUT2D eigenvalue weighted by atomic mass is 32.2. The first-order valence-corrected chi connectivity index (χ1v) is 8.31. The number of nitrogens with one attached hydrogen (secondary N) is 3. The molecule has 2 heterocycles. The summed E-state index contributed by atoms with van der Waals surface area (Å²) in [6.45, 7) is 2.77. The summed E-state index contributed by atoms with van der Waals surface area (Å²) < 4.78 is 30.6. The van der Waals surface area contributed by atoms with Crippen molar-refractivity contribution in [1.82, 2.24) is 20.1 Å². The van der Waals surface area contributed by atoms with Crippen LogP contribution < -0.4 is 10.9 Å². The number of carbonyl (C=O) groups is 2. The third-order valence-electron chi connectivity index (χ3n) is 3.16. The van der Waals surface area contributed by atoms with Crippen molar-refractivity contribution < 1.29 is 22.7 Å². The van der Waals surface area contributed by atoms with E-state index < -0.39 is 22.0 Å². The average Bonchev–Trinajstić information content (AvgIpc) is 3.16. The minimum absolute atomic E-state index is 0.0228. The molecule has 0 unspecified atom stereocenters. The number of nitrogens with zero attached hydrogens (tertiary/aromatic N) is 1. The average molecular weight is 330 g/mol. The number of hydrogen-bond acceptors (Lipinski definition) is 5. The molecule has 3 N–H and O–H groups in total. The first-order chi connectivity index (χ1) is 10.4. The van der Waals surface area contributed by atoms with E-state index in [-0.39, 0.29) is 17.2 Å². The van der Waals surface area contributed by atoms with Crippen molar-refractivity contribution >= 4 is 22.0 Å². The van der Waals surface area contributed by atoms with Crippen molar-refractivity contribution in [3.8, 4) is 0 Å². The Hall–Kier alpha value is -2.07. The van der Waals surface area contributed by atoms with E-state index in [0.29, 0.717) is 13.1 Å². The standard InChI is InChI=1S/C12H18N4O5S/c1-2-21-12(18)15-14-11(17)10-7-9(8-13-10)22(19,20)16-5-3-4-6-16/h7-8,13H,2-6H2,1H3,(H,14,17)(H,15,18). The summed E-state index contributed by atoms with van der Waals surface area (Å²) in [5, 5.41) is 0. The molecule has 1 aliphatic rings. The van der Waals surface area contributed by atoms with Crippen molar-refractivity contribution in [2.24, 2.45) is 0 Å². The Morgan fingerprint density at radius 2 is 2.00 bits per heavy atom. The smallest absolute Gasteiger partial charge is 0.426 e. The molecular weight excluding hydrogens is 312 g/mol. The van der Waals surface area contributed by atoms with Crippen molar-refractivity contribution in [3.05, 3.63) is 18.0 Å². The van der Waals surface area contributed by atoms with Crippen LogP contribution in [-0.2, 0) is 14.8 Å². The summed E-state index contributed by atoms with van der Waals surface area (Å²) in [4.78, 5) is 25.5. The summed E-state index contributed by atoms with van der Waals surface area (Å²) in [7, 11) is -3.58. The fraction of sp³-hybridized carbons (Fsp3) is 0.500. The van der Waals surface area contributed by atoms with Crippen LogP contribution in [0.3, 0.4) is 0 Å². The van der Waals surface area contributed by atoms with Crippen molar-refractivity contribution in [3.63, 3.8) is 0 Å². The molecule has 1 aromatic heterocycles. The topological polar surface area (TPSA) is 121 Å². The van der Waals surface area contributed by atoms with E-state index in [1.807, 2.05) is 5.43 Å². The number of carbonyl (C=O) groups excluding carboxylic acids is 2. The molecule has 1 aliphatic heterocycles. The van der Waals surface area contributed by atoms with Gasteiger partial charge in [0.25, 0.3) is 5.91 Å². The molecule has 0 spiro atoms. The molecule has 0 radical (unpaired) electrons. The van der Waals surface area contributed by atoms with Crippen LogP contribution in [-0.4, -0.2) is 49.4 Å². The summed E-state index contributed by atoms with van der Waals surface area (Å²) >= 11 is 0. The van der Waals surface area contributed by atoms with Crippen LogP contribution in [0.25, 0.3) is 0 Å². The number of amides is 2. The van der Waals surface area contributed by atoms with E-state index in [9.17, 15) is 18.0 Å². The van der Waals surface area contributed by atoms with Gasteiger partial charge in [-0.2, -0.15) is 4.31 Å². The summed E-state index contributed by atoms with van der Waals surface area (Å²) in [6.07, 6.45) is 2.13. The Kier molecular flexibility index (Phi) is 5.03. The fourth-order valence-electron chi connectivity index (χ4n) is 2.07. The van der Waals surface area contributed by atoms with E-state index in [0.717, 1.165) is 12.8 Å². The highest BCUT2D eigenvalue weighted by molar-refractivity contribution is 7.89. The number of H-pyrrole nitrogens is 1. The van der Waals surface area contributed by atoms with Crippen molar-refractivity contribution in [1.29, 1.82) is 0 Å². The van der Waals surface area contributed by atoms with Gasteiger partial charge in [-0.25, -0.2) is 18.6 Å². The Bertz CT molecular complexity index is 648. The molecule has 1 aromatic rings. The van der Waals surface area contributed by atoms with E-state index in [2.05, 4.69) is 15.1 Å². The molecule has 122 valence electrons. The Morgan fingerprint density at radius 3 is 2.64 bits per heavy atom. The van der Waals surface area contributed by atoms with E-state index in [1.54, 1.807) is 6.92 Å². The zero-order chi connectivity index (χ0) is 16.2. The van der Waals surface area contributed by atoms with Gasteiger partial charge in [-0.05, 0) is 25.8 Å². The molecule has 0 aromatic carbocycles. The summed E-state index contributed by atoms with van der Waals surface area (Å²) in [5.41, 5.74) is 4.18. The number of aromatic nitrogens is 1. The quantitative estimate of drug-likeness (QED) is 0.681. The molecule has 0 atom stereocenters. The van der Waals surface area contributed by atoms with Gasteiger partial charge < -0.3 is 9.72 Å². The van der Waals surface area contributed by atoms with Gasteiger partial charge >= 0.3 is 6.09 Å². The normalized spacial score (nSPS) is 15.5. The second-order valence-corrected chi connectivity index (χ2v) is 6.60. The second-order valence-electron chi connectivity index (χ2n) is 4.66. The van der Waals surface area contributed by atoms with Crippen molar-refractivity contribution in [2.75, 3.05) is 19.7 Å². The Balaban J connectivity index is 2.01. The Morgan fingerprint density at radius 1 is 1.32 bits per heavy atom. The van der Waals surface area contributed by atoms with Crippen LogP contribution in [0.4, 0.5) is 4.79 Å². The van der Waals surface area contributed by atoms with Gasteiger partial charge in [0.05, 0.1) is 6.61 Å². The SMILES string of the molecule is CCOC(=O)NNC(=O)c1cc(S(=O)(=O)N2CCCC2)c[nH]1. The third kappa shape index (κ3) is 3.57. The summed E-state index contributed by atoms with van der Waals surface area (Å²) in [5.74, 6) is -0.670. The lowest BCUT2D eigenvalue weighted by molar-refractivity contribution is 0.0908. The maximum Gasteiger partial charge on any atom is 0.426 e. The minimum atomic E-state index is -3.58. The van der Waals surface area contributed by atoms with Crippen LogP contribution in [0, 0.1) is 0 Å². The molecule has 1 fully saturated rings. The largest absolute Gasteiger partial charge is 0.449 e. The van der Waals surface area contributed by atoms with E-state index in [4.69, 9.17) is 0 Å².